The average molecular weight is 306 g/mol. The summed E-state index contributed by atoms with van der Waals surface area (Å²) < 4.78 is 5.14. The predicted octanol–water partition coefficient (Wildman–Crippen LogP) is 1.80. The van der Waals surface area contributed by atoms with Gasteiger partial charge in [0.25, 0.3) is 0 Å². The molecule has 0 aliphatic carbocycles. The summed E-state index contributed by atoms with van der Waals surface area (Å²) in [4.78, 5) is 6.48. The van der Waals surface area contributed by atoms with Gasteiger partial charge in [0.2, 0.25) is 0 Å². The van der Waals surface area contributed by atoms with Crippen molar-refractivity contribution >= 4 is 5.96 Å². The van der Waals surface area contributed by atoms with Crippen LogP contribution in [-0.4, -0.2) is 58.3 Å². The number of ether oxygens (including phenoxy) is 1. The van der Waals surface area contributed by atoms with E-state index < -0.39 is 0 Å². The lowest BCUT2D eigenvalue weighted by Crippen LogP contribution is -2.46. The van der Waals surface area contributed by atoms with E-state index in [1.54, 1.807) is 14.2 Å². The van der Waals surface area contributed by atoms with Crippen LogP contribution in [0.15, 0.2) is 29.3 Å². The second kappa shape index (κ2) is 9.43. The van der Waals surface area contributed by atoms with Crippen LogP contribution in [0.2, 0.25) is 0 Å². The first-order chi connectivity index (χ1) is 10.5. The molecule has 124 valence electrons. The molecular weight excluding hydrogens is 276 g/mol. The van der Waals surface area contributed by atoms with Crippen LogP contribution < -0.4 is 10.6 Å². The fraction of sp³-hybridized carbons (Fsp3) is 0.588. The SMILES string of the molecule is CN=C(NCC(c1ccc(C)cc1)N(C)C)NC(C)COC. The third kappa shape index (κ3) is 6.03. The first-order valence-electron chi connectivity index (χ1n) is 7.67. The van der Waals surface area contributed by atoms with Crippen LogP contribution in [0.4, 0.5) is 0 Å². The fourth-order valence-electron chi connectivity index (χ4n) is 2.30. The second-order valence-electron chi connectivity index (χ2n) is 5.84. The molecule has 2 N–H and O–H groups in total. The lowest BCUT2D eigenvalue weighted by atomic mass is 10.0. The van der Waals surface area contributed by atoms with Gasteiger partial charge in [0.05, 0.1) is 12.6 Å². The van der Waals surface area contributed by atoms with Gasteiger partial charge in [-0.25, -0.2) is 0 Å². The van der Waals surface area contributed by atoms with Crippen molar-refractivity contribution < 1.29 is 4.74 Å². The number of rotatable bonds is 7. The molecule has 0 heterocycles. The van der Waals surface area contributed by atoms with Crippen molar-refractivity contribution in [3.63, 3.8) is 0 Å². The molecule has 0 saturated carbocycles. The summed E-state index contributed by atoms with van der Waals surface area (Å²) in [5.74, 6) is 0.795. The second-order valence-corrected chi connectivity index (χ2v) is 5.84. The smallest absolute Gasteiger partial charge is 0.191 e. The van der Waals surface area contributed by atoms with Crippen molar-refractivity contribution in [2.75, 3.05) is 41.4 Å². The Hall–Kier alpha value is -1.59. The Morgan fingerprint density at radius 1 is 1.27 bits per heavy atom. The lowest BCUT2D eigenvalue weighted by molar-refractivity contribution is 0.179. The first-order valence-corrected chi connectivity index (χ1v) is 7.67. The number of hydrogen-bond acceptors (Lipinski definition) is 3. The maximum Gasteiger partial charge on any atom is 0.191 e. The van der Waals surface area contributed by atoms with E-state index in [-0.39, 0.29) is 12.1 Å². The highest BCUT2D eigenvalue weighted by molar-refractivity contribution is 5.80. The number of methoxy groups -OCH3 is 1. The molecule has 5 heteroatoms. The molecule has 1 aromatic carbocycles. The number of nitrogens with zero attached hydrogens (tertiary/aromatic N) is 2. The van der Waals surface area contributed by atoms with Gasteiger partial charge >= 0.3 is 0 Å². The van der Waals surface area contributed by atoms with E-state index in [9.17, 15) is 0 Å². The van der Waals surface area contributed by atoms with Crippen molar-refractivity contribution in [1.82, 2.24) is 15.5 Å². The zero-order valence-corrected chi connectivity index (χ0v) is 14.7. The maximum absolute atomic E-state index is 5.14. The summed E-state index contributed by atoms with van der Waals surface area (Å²) in [6.45, 7) is 5.61. The normalized spacial score (nSPS) is 14.8. The van der Waals surface area contributed by atoms with E-state index in [1.807, 2.05) is 0 Å². The molecule has 0 fully saturated rings. The van der Waals surface area contributed by atoms with Gasteiger partial charge in [0, 0.05) is 26.7 Å². The van der Waals surface area contributed by atoms with Gasteiger partial charge in [0.15, 0.2) is 5.96 Å². The number of hydrogen-bond donors (Lipinski definition) is 2. The van der Waals surface area contributed by atoms with Crippen molar-refractivity contribution in [3.8, 4) is 0 Å². The molecule has 2 unspecified atom stereocenters. The molecule has 0 bridgehead atoms. The van der Waals surface area contributed by atoms with E-state index in [0.29, 0.717) is 6.61 Å². The topological polar surface area (TPSA) is 48.9 Å². The molecule has 22 heavy (non-hydrogen) atoms. The molecule has 1 aromatic rings. The Balaban J connectivity index is 2.65. The van der Waals surface area contributed by atoms with Crippen LogP contribution in [0.3, 0.4) is 0 Å². The van der Waals surface area contributed by atoms with Crippen LogP contribution in [0.1, 0.15) is 24.1 Å². The van der Waals surface area contributed by atoms with Gasteiger partial charge in [0.1, 0.15) is 0 Å². The third-order valence-corrected chi connectivity index (χ3v) is 3.57. The minimum Gasteiger partial charge on any atom is -0.383 e. The van der Waals surface area contributed by atoms with Crippen molar-refractivity contribution in [3.05, 3.63) is 35.4 Å². The largest absolute Gasteiger partial charge is 0.383 e. The average Bonchev–Trinajstić information content (AvgIpc) is 2.48. The molecular formula is C17H30N4O. The highest BCUT2D eigenvalue weighted by atomic mass is 16.5. The van der Waals surface area contributed by atoms with Crippen LogP contribution in [0.5, 0.6) is 0 Å². The predicted molar refractivity (Wildman–Crippen MR) is 93.4 cm³/mol. The summed E-state index contributed by atoms with van der Waals surface area (Å²) in [7, 11) is 7.67. The Bertz CT molecular complexity index is 456. The van der Waals surface area contributed by atoms with E-state index >= 15 is 0 Å². The lowest BCUT2D eigenvalue weighted by Gasteiger charge is -2.27. The summed E-state index contributed by atoms with van der Waals surface area (Å²) in [5.41, 5.74) is 2.57. The summed E-state index contributed by atoms with van der Waals surface area (Å²) in [6.07, 6.45) is 0. The molecule has 0 radical (unpaired) electrons. The van der Waals surface area contributed by atoms with Crippen LogP contribution in [-0.2, 0) is 4.74 Å². The molecule has 0 aromatic heterocycles. The summed E-state index contributed by atoms with van der Waals surface area (Å²) >= 11 is 0. The molecule has 1 rings (SSSR count). The maximum atomic E-state index is 5.14. The van der Waals surface area contributed by atoms with Gasteiger partial charge in [-0.15, -0.1) is 0 Å². The van der Waals surface area contributed by atoms with Crippen LogP contribution in [0, 0.1) is 6.92 Å². The highest BCUT2D eigenvalue weighted by Gasteiger charge is 2.15. The Morgan fingerprint density at radius 2 is 1.91 bits per heavy atom. The Morgan fingerprint density at radius 3 is 2.41 bits per heavy atom. The third-order valence-electron chi connectivity index (χ3n) is 3.57. The molecule has 0 amide bonds. The van der Waals surface area contributed by atoms with Crippen LogP contribution >= 0.6 is 0 Å². The quantitative estimate of drug-likeness (QED) is 0.596. The van der Waals surface area contributed by atoms with Crippen molar-refractivity contribution in [2.24, 2.45) is 4.99 Å². The van der Waals surface area contributed by atoms with Gasteiger partial charge in [-0.2, -0.15) is 0 Å². The zero-order valence-electron chi connectivity index (χ0n) is 14.7. The standard InChI is InChI=1S/C17H30N4O/c1-13-7-9-15(10-8-13)16(21(4)5)11-19-17(18-3)20-14(2)12-22-6/h7-10,14,16H,11-12H2,1-6H3,(H2,18,19,20). The van der Waals surface area contributed by atoms with Gasteiger partial charge in [-0.05, 0) is 33.5 Å². The summed E-state index contributed by atoms with van der Waals surface area (Å²) in [5, 5.41) is 6.71. The van der Waals surface area contributed by atoms with Crippen LogP contribution in [0.25, 0.3) is 0 Å². The Kier molecular flexibility index (Phi) is 7.91. The molecule has 5 nitrogen and oxygen atoms in total. The van der Waals surface area contributed by atoms with E-state index in [1.165, 1.54) is 11.1 Å². The molecule has 0 saturated heterocycles. The Labute approximate surface area is 134 Å². The zero-order chi connectivity index (χ0) is 16.5. The van der Waals surface area contributed by atoms with Gasteiger partial charge < -0.3 is 20.3 Å². The van der Waals surface area contributed by atoms with E-state index in [0.717, 1.165) is 12.5 Å². The number of nitrogens with one attached hydrogen (secondary N) is 2. The summed E-state index contributed by atoms with van der Waals surface area (Å²) in [6, 6.07) is 9.18. The van der Waals surface area contributed by atoms with E-state index in [2.05, 4.69) is 72.7 Å². The minimum atomic E-state index is 0.216. The molecule has 0 aliphatic heterocycles. The number of benzene rings is 1. The van der Waals surface area contributed by atoms with Crippen molar-refractivity contribution in [1.29, 1.82) is 0 Å². The van der Waals surface area contributed by atoms with Gasteiger partial charge in [-0.3, -0.25) is 4.99 Å². The molecule has 2 atom stereocenters. The highest BCUT2D eigenvalue weighted by Crippen LogP contribution is 2.17. The number of guanidine groups is 1. The number of likely N-dealkylation sites (N-methyl/N-ethyl adjacent to an activating group) is 1. The fourth-order valence-corrected chi connectivity index (χ4v) is 2.30. The van der Waals surface area contributed by atoms with Crippen molar-refractivity contribution in [2.45, 2.75) is 25.9 Å². The number of aliphatic imine (C=N–C) groups is 1. The molecule has 0 spiro atoms. The van der Waals surface area contributed by atoms with Gasteiger partial charge in [-0.1, -0.05) is 29.8 Å². The monoisotopic (exact) mass is 306 g/mol. The minimum absolute atomic E-state index is 0.216. The first kappa shape index (κ1) is 18.5. The number of aryl methyl sites for hydroxylation is 1. The molecule has 0 aliphatic rings. The van der Waals surface area contributed by atoms with E-state index in [4.69, 9.17) is 4.74 Å².